The molecule has 0 aromatic heterocycles. The van der Waals surface area contributed by atoms with Crippen LogP contribution in [0.5, 0.6) is 0 Å². The Morgan fingerprint density at radius 3 is 2.36 bits per heavy atom. The van der Waals surface area contributed by atoms with Gasteiger partial charge >= 0.3 is 0 Å². The molecule has 1 fully saturated rings. The molecule has 64 valence electrons. The van der Waals surface area contributed by atoms with Gasteiger partial charge in [-0.1, -0.05) is 18.6 Å². The zero-order chi connectivity index (χ0) is 8.48. The van der Waals surface area contributed by atoms with E-state index in [1.165, 1.54) is 25.1 Å². The van der Waals surface area contributed by atoms with Crippen molar-refractivity contribution in [2.24, 2.45) is 5.41 Å². The second-order valence-electron chi connectivity index (χ2n) is 4.47. The van der Waals surface area contributed by atoms with Crippen molar-refractivity contribution in [3.63, 3.8) is 0 Å². The molecule has 0 bridgehead atoms. The molecule has 0 radical (unpaired) electrons. The van der Waals surface area contributed by atoms with Gasteiger partial charge < -0.3 is 4.90 Å². The predicted molar refractivity (Wildman–Crippen MR) is 49.7 cm³/mol. The number of nitrogens with zero attached hydrogens (tertiary/aromatic N) is 1. The van der Waals surface area contributed by atoms with Gasteiger partial charge in [-0.3, -0.25) is 0 Å². The molecular formula is C10H19N. The Hall–Kier alpha value is -0.300. The Bertz CT molecular complexity index is 160. The molecule has 11 heavy (non-hydrogen) atoms. The molecule has 1 rings (SSSR count). The van der Waals surface area contributed by atoms with Crippen LogP contribution in [0.4, 0.5) is 0 Å². The van der Waals surface area contributed by atoms with Crippen LogP contribution in [0.15, 0.2) is 11.6 Å². The van der Waals surface area contributed by atoms with Gasteiger partial charge in [0.05, 0.1) is 0 Å². The van der Waals surface area contributed by atoms with E-state index in [0.29, 0.717) is 5.41 Å². The first-order valence-electron chi connectivity index (χ1n) is 4.34. The highest BCUT2D eigenvalue weighted by molar-refractivity contribution is 5.01. The van der Waals surface area contributed by atoms with E-state index in [4.69, 9.17) is 0 Å². The molecule has 1 heterocycles. The Labute approximate surface area is 70.1 Å². The monoisotopic (exact) mass is 153 g/mol. The normalized spacial score (nSPS) is 22.5. The average molecular weight is 153 g/mol. The van der Waals surface area contributed by atoms with Crippen molar-refractivity contribution in [2.75, 3.05) is 20.1 Å². The van der Waals surface area contributed by atoms with Gasteiger partial charge in [-0.15, -0.1) is 0 Å². The Morgan fingerprint density at radius 2 is 2.00 bits per heavy atom. The maximum atomic E-state index is 2.37. The maximum Gasteiger partial charge on any atom is 0.00477 e. The first-order valence-corrected chi connectivity index (χ1v) is 4.34. The highest BCUT2D eigenvalue weighted by Gasteiger charge is 2.34. The van der Waals surface area contributed by atoms with Gasteiger partial charge in [0.2, 0.25) is 0 Å². The Kier molecular flexibility index (Phi) is 2.38. The lowest BCUT2D eigenvalue weighted by molar-refractivity contribution is 0.0421. The molecule has 1 nitrogen and oxygen atoms in total. The van der Waals surface area contributed by atoms with Crippen molar-refractivity contribution in [2.45, 2.75) is 27.2 Å². The highest BCUT2D eigenvalue weighted by Crippen LogP contribution is 2.32. The fourth-order valence-electron chi connectivity index (χ4n) is 1.84. The molecule has 0 spiro atoms. The Balaban J connectivity index is 2.33. The van der Waals surface area contributed by atoms with Gasteiger partial charge in [0.25, 0.3) is 0 Å². The van der Waals surface area contributed by atoms with Gasteiger partial charge in [-0.25, -0.2) is 0 Å². The summed E-state index contributed by atoms with van der Waals surface area (Å²) in [5.74, 6) is 0. The number of likely N-dealkylation sites (tertiary alicyclic amines) is 1. The quantitative estimate of drug-likeness (QED) is 0.550. The van der Waals surface area contributed by atoms with E-state index in [-0.39, 0.29) is 0 Å². The van der Waals surface area contributed by atoms with Gasteiger partial charge in [0, 0.05) is 13.1 Å². The summed E-state index contributed by atoms with van der Waals surface area (Å²) in [7, 11) is 2.18. The van der Waals surface area contributed by atoms with Crippen LogP contribution in [-0.4, -0.2) is 25.0 Å². The lowest BCUT2D eigenvalue weighted by Gasteiger charge is -2.46. The van der Waals surface area contributed by atoms with E-state index >= 15 is 0 Å². The van der Waals surface area contributed by atoms with E-state index in [2.05, 4.69) is 38.8 Å². The molecule has 1 heteroatoms. The number of hydrogen-bond acceptors (Lipinski definition) is 1. The minimum absolute atomic E-state index is 0.575. The first-order chi connectivity index (χ1) is 5.02. The maximum absolute atomic E-state index is 2.37. The molecule has 0 amide bonds. The van der Waals surface area contributed by atoms with Gasteiger partial charge in [0.15, 0.2) is 0 Å². The van der Waals surface area contributed by atoms with Crippen LogP contribution in [0.3, 0.4) is 0 Å². The van der Waals surface area contributed by atoms with E-state index in [0.717, 1.165) is 0 Å². The molecule has 1 saturated heterocycles. The summed E-state index contributed by atoms with van der Waals surface area (Å²) in [4.78, 5) is 2.37. The van der Waals surface area contributed by atoms with Crippen molar-refractivity contribution in [1.82, 2.24) is 4.90 Å². The fraction of sp³-hybridized carbons (Fsp3) is 0.800. The van der Waals surface area contributed by atoms with Crippen LogP contribution in [0, 0.1) is 5.41 Å². The van der Waals surface area contributed by atoms with Crippen LogP contribution in [0.1, 0.15) is 27.2 Å². The molecule has 0 atom stereocenters. The number of allylic oxidation sites excluding steroid dienone is 2. The van der Waals surface area contributed by atoms with Crippen molar-refractivity contribution < 1.29 is 0 Å². The smallest absolute Gasteiger partial charge is 0.00477 e. The summed E-state index contributed by atoms with van der Waals surface area (Å²) in [6.07, 6.45) is 3.60. The van der Waals surface area contributed by atoms with Gasteiger partial charge in [-0.05, 0) is 32.7 Å². The number of rotatable bonds is 2. The van der Waals surface area contributed by atoms with E-state index in [1.54, 1.807) is 0 Å². The van der Waals surface area contributed by atoms with E-state index in [9.17, 15) is 0 Å². The highest BCUT2D eigenvalue weighted by atomic mass is 15.2. The third kappa shape index (κ3) is 2.33. The van der Waals surface area contributed by atoms with Gasteiger partial charge in [0.1, 0.15) is 0 Å². The van der Waals surface area contributed by atoms with Crippen LogP contribution in [0.2, 0.25) is 0 Å². The summed E-state index contributed by atoms with van der Waals surface area (Å²) in [6, 6.07) is 0. The van der Waals surface area contributed by atoms with E-state index in [1.807, 2.05) is 0 Å². The largest absolute Gasteiger partial charge is 0.305 e. The molecule has 0 unspecified atom stereocenters. The van der Waals surface area contributed by atoms with Crippen LogP contribution < -0.4 is 0 Å². The van der Waals surface area contributed by atoms with Crippen molar-refractivity contribution in [3.8, 4) is 0 Å². The minimum Gasteiger partial charge on any atom is -0.305 e. The third-order valence-corrected chi connectivity index (χ3v) is 2.31. The molecule has 1 aliphatic heterocycles. The van der Waals surface area contributed by atoms with Crippen LogP contribution in [-0.2, 0) is 0 Å². The van der Waals surface area contributed by atoms with Gasteiger partial charge in [-0.2, -0.15) is 0 Å². The molecule has 0 aliphatic carbocycles. The topological polar surface area (TPSA) is 3.24 Å². The van der Waals surface area contributed by atoms with Crippen molar-refractivity contribution in [3.05, 3.63) is 11.6 Å². The van der Waals surface area contributed by atoms with Crippen molar-refractivity contribution >= 4 is 0 Å². The number of hydrogen-bond donors (Lipinski definition) is 0. The molecular weight excluding hydrogens is 134 g/mol. The Morgan fingerprint density at radius 1 is 1.45 bits per heavy atom. The summed E-state index contributed by atoms with van der Waals surface area (Å²) in [5, 5.41) is 0. The minimum atomic E-state index is 0.575. The standard InChI is InChI=1S/C10H19N/c1-9(2)5-6-10(3)7-11(4)8-10/h5H,6-8H2,1-4H3. The second-order valence-corrected chi connectivity index (χ2v) is 4.47. The van der Waals surface area contributed by atoms with Crippen LogP contribution >= 0.6 is 0 Å². The molecule has 0 aromatic carbocycles. The molecule has 1 aliphatic rings. The van der Waals surface area contributed by atoms with Crippen molar-refractivity contribution in [1.29, 1.82) is 0 Å². The average Bonchev–Trinajstić information content (AvgIpc) is 1.81. The zero-order valence-electron chi connectivity index (χ0n) is 8.15. The van der Waals surface area contributed by atoms with Crippen LogP contribution in [0.25, 0.3) is 0 Å². The van der Waals surface area contributed by atoms with E-state index < -0.39 is 0 Å². The lowest BCUT2D eigenvalue weighted by atomic mass is 9.79. The fourth-order valence-corrected chi connectivity index (χ4v) is 1.84. The molecule has 0 N–H and O–H groups in total. The SMILES string of the molecule is CC(C)=CCC1(C)CN(C)C1. The summed E-state index contributed by atoms with van der Waals surface area (Å²) in [6.45, 7) is 9.23. The predicted octanol–water partition coefficient (Wildman–Crippen LogP) is 2.29. The zero-order valence-corrected chi connectivity index (χ0v) is 8.15. The molecule has 0 saturated carbocycles. The molecule has 0 aromatic rings. The third-order valence-electron chi connectivity index (χ3n) is 2.31. The summed E-state index contributed by atoms with van der Waals surface area (Å²) in [5.41, 5.74) is 2.02. The summed E-state index contributed by atoms with van der Waals surface area (Å²) < 4.78 is 0. The summed E-state index contributed by atoms with van der Waals surface area (Å²) >= 11 is 0. The second kappa shape index (κ2) is 2.98. The first kappa shape index (κ1) is 8.79. The lowest BCUT2D eigenvalue weighted by Crippen LogP contribution is -2.51.